The van der Waals surface area contributed by atoms with Gasteiger partial charge in [0.15, 0.2) is 0 Å². The molecule has 4 bridgehead atoms. The van der Waals surface area contributed by atoms with Gasteiger partial charge >= 0.3 is 11.9 Å². The molecule has 3 fully saturated rings. The molecule has 188 valence electrons. The number of nitrogens with zero attached hydrogens (tertiary/aromatic N) is 1. The third-order valence-electron chi connectivity index (χ3n) is 7.30. The van der Waals surface area contributed by atoms with E-state index >= 15 is 0 Å². The van der Waals surface area contributed by atoms with Crippen LogP contribution in [-0.4, -0.2) is 73.8 Å². The highest BCUT2D eigenvalue weighted by Gasteiger charge is 2.46. The Kier molecular flexibility index (Phi) is 9.16. The lowest BCUT2D eigenvalue weighted by Crippen LogP contribution is -2.48. The first-order valence-corrected chi connectivity index (χ1v) is 12.6. The molecule has 0 spiro atoms. The molecule has 0 aliphatic carbocycles. The number of methoxy groups -OCH3 is 1. The van der Waals surface area contributed by atoms with Crippen LogP contribution in [0.2, 0.25) is 0 Å². The largest absolute Gasteiger partial charge is 0.467 e. The molecule has 3 aliphatic heterocycles. The third kappa shape index (κ3) is 7.15. The average Bonchev–Trinajstić information content (AvgIpc) is 3.21. The molecule has 2 unspecified atom stereocenters. The number of carbonyl (C=O) groups excluding carboxylic acids is 3. The minimum absolute atomic E-state index is 0.00627. The highest BCUT2D eigenvalue weighted by Crippen LogP contribution is 2.34. The first-order valence-electron chi connectivity index (χ1n) is 12.6. The van der Waals surface area contributed by atoms with Crippen molar-refractivity contribution in [3.8, 4) is 0 Å². The first kappa shape index (κ1) is 25.9. The van der Waals surface area contributed by atoms with E-state index < -0.39 is 23.3 Å². The summed E-state index contributed by atoms with van der Waals surface area (Å²) < 4.78 is 16.7. The SMILES string of the molecule is COC(=O)[C@@H]1C[C@@H]2CN1C(=O)[C@H](C(C)(C)C)CC(=O)OCCCCCC1CCCC(CO2)N1. The van der Waals surface area contributed by atoms with E-state index in [9.17, 15) is 14.4 Å². The van der Waals surface area contributed by atoms with Gasteiger partial charge in [-0.25, -0.2) is 4.79 Å². The maximum Gasteiger partial charge on any atom is 0.328 e. The molecule has 3 heterocycles. The van der Waals surface area contributed by atoms with Crippen molar-refractivity contribution >= 4 is 17.8 Å². The fourth-order valence-electron chi connectivity index (χ4n) is 5.29. The Balaban J connectivity index is 1.79. The van der Waals surface area contributed by atoms with Gasteiger partial charge < -0.3 is 24.4 Å². The minimum Gasteiger partial charge on any atom is -0.467 e. The fourth-order valence-corrected chi connectivity index (χ4v) is 5.29. The maximum absolute atomic E-state index is 13.6. The molecule has 5 atom stereocenters. The monoisotopic (exact) mass is 466 g/mol. The molecule has 0 saturated carbocycles. The van der Waals surface area contributed by atoms with Gasteiger partial charge in [0, 0.05) is 25.0 Å². The summed E-state index contributed by atoms with van der Waals surface area (Å²) in [6.07, 6.45) is 7.69. The Bertz CT molecular complexity index is 691. The average molecular weight is 467 g/mol. The highest BCUT2D eigenvalue weighted by molar-refractivity contribution is 5.89. The molecule has 0 aromatic carbocycles. The van der Waals surface area contributed by atoms with Crippen molar-refractivity contribution in [2.45, 2.75) is 103 Å². The quantitative estimate of drug-likeness (QED) is 0.594. The lowest BCUT2D eigenvalue weighted by Gasteiger charge is -2.34. The lowest BCUT2D eigenvalue weighted by molar-refractivity contribution is -0.157. The Morgan fingerprint density at radius 3 is 2.52 bits per heavy atom. The van der Waals surface area contributed by atoms with E-state index in [-0.39, 0.29) is 24.4 Å². The predicted molar refractivity (Wildman–Crippen MR) is 123 cm³/mol. The van der Waals surface area contributed by atoms with Crippen molar-refractivity contribution < 1.29 is 28.6 Å². The Morgan fingerprint density at radius 2 is 1.79 bits per heavy atom. The number of piperidine rings is 1. The number of hydrogen-bond donors (Lipinski definition) is 1. The zero-order chi connectivity index (χ0) is 24.0. The molecule has 3 aliphatic rings. The van der Waals surface area contributed by atoms with Crippen LogP contribution in [-0.2, 0) is 28.6 Å². The number of ether oxygens (including phenoxy) is 3. The Morgan fingerprint density at radius 1 is 1.06 bits per heavy atom. The molecule has 8 nitrogen and oxygen atoms in total. The Labute approximate surface area is 198 Å². The smallest absolute Gasteiger partial charge is 0.328 e. The lowest BCUT2D eigenvalue weighted by atomic mass is 9.77. The van der Waals surface area contributed by atoms with Crippen LogP contribution in [0.15, 0.2) is 0 Å². The maximum atomic E-state index is 13.6. The molecule has 0 aromatic heterocycles. The minimum atomic E-state index is -0.692. The van der Waals surface area contributed by atoms with Gasteiger partial charge in [-0.2, -0.15) is 0 Å². The van der Waals surface area contributed by atoms with E-state index in [0.717, 1.165) is 32.1 Å². The Hall–Kier alpha value is -1.67. The second-order valence-corrected chi connectivity index (χ2v) is 10.9. The van der Waals surface area contributed by atoms with Crippen molar-refractivity contribution in [1.82, 2.24) is 10.2 Å². The van der Waals surface area contributed by atoms with Gasteiger partial charge in [0.1, 0.15) is 6.04 Å². The molecule has 0 aromatic rings. The van der Waals surface area contributed by atoms with Gasteiger partial charge in [-0.1, -0.05) is 40.0 Å². The molecule has 8 heteroatoms. The molecule has 1 amide bonds. The highest BCUT2D eigenvalue weighted by atomic mass is 16.5. The van der Waals surface area contributed by atoms with E-state index in [1.54, 1.807) is 4.90 Å². The summed E-state index contributed by atoms with van der Waals surface area (Å²) in [6, 6.07) is 0.0977. The number of rotatable bonds is 1. The zero-order valence-corrected chi connectivity index (χ0v) is 20.8. The van der Waals surface area contributed by atoms with Gasteiger partial charge in [0.25, 0.3) is 0 Å². The zero-order valence-electron chi connectivity index (χ0n) is 20.8. The van der Waals surface area contributed by atoms with Crippen LogP contribution in [0, 0.1) is 11.3 Å². The molecular weight excluding hydrogens is 424 g/mol. The van der Waals surface area contributed by atoms with Gasteiger partial charge in [-0.15, -0.1) is 0 Å². The summed E-state index contributed by atoms with van der Waals surface area (Å²) in [5.74, 6) is -1.59. The second-order valence-electron chi connectivity index (χ2n) is 10.9. The van der Waals surface area contributed by atoms with Crippen molar-refractivity contribution in [1.29, 1.82) is 0 Å². The number of nitrogens with one attached hydrogen (secondary N) is 1. The number of carbonyl (C=O) groups is 3. The number of hydrogen-bond acceptors (Lipinski definition) is 7. The van der Waals surface area contributed by atoms with E-state index in [2.05, 4.69) is 5.32 Å². The first-order chi connectivity index (χ1) is 15.7. The molecule has 3 rings (SSSR count). The predicted octanol–water partition coefficient (Wildman–Crippen LogP) is 2.83. The topological polar surface area (TPSA) is 94.2 Å². The van der Waals surface area contributed by atoms with Gasteiger partial charge in [0.2, 0.25) is 5.91 Å². The van der Waals surface area contributed by atoms with Crippen LogP contribution in [0.1, 0.15) is 78.6 Å². The molecule has 0 radical (unpaired) electrons. The van der Waals surface area contributed by atoms with E-state index in [4.69, 9.17) is 14.2 Å². The van der Waals surface area contributed by atoms with Crippen molar-refractivity contribution in [3.05, 3.63) is 0 Å². The molecule has 3 saturated heterocycles. The van der Waals surface area contributed by atoms with Crippen molar-refractivity contribution in [3.63, 3.8) is 0 Å². The normalized spacial score (nSPS) is 33.1. The number of amides is 1. The van der Waals surface area contributed by atoms with E-state index in [1.165, 1.54) is 20.0 Å². The summed E-state index contributed by atoms with van der Waals surface area (Å²) in [4.78, 5) is 40.3. The van der Waals surface area contributed by atoms with Crippen LogP contribution in [0.3, 0.4) is 0 Å². The number of esters is 2. The summed E-state index contributed by atoms with van der Waals surface area (Å²) in [7, 11) is 1.34. The summed E-state index contributed by atoms with van der Waals surface area (Å²) in [6.45, 7) is 7.11. The second kappa shape index (κ2) is 11.6. The van der Waals surface area contributed by atoms with E-state index in [0.29, 0.717) is 38.3 Å². The van der Waals surface area contributed by atoms with Crippen LogP contribution >= 0.6 is 0 Å². The standard InChI is InChI=1S/C25H42N2O6/c1-25(2,3)20-14-22(28)32-12-7-5-6-9-17-10-8-11-18(26-17)16-33-19-13-21(24(30)31-4)27(15-19)23(20)29/h17-21,26H,5-16H2,1-4H3/t17?,18?,19-,20-,21+/m1/s1. The van der Waals surface area contributed by atoms with Crippen LogP contribution < -0.4 is 5.32 Å². The number of fused-ring (bicyclic) bond motifs is 4. The fraction of sp³-hybridized carbons (Fsp3) is 0.880. The van der Waals surface area contributed by atoms with Crippen molar-refractivity contribution in [2.24, 2.45) is 11.3 Å². The van der Waals surface area contributed by atoms with Crippen LogP contribution in [0.25, 0.3) is 0 Å². The third-order valence-corrected chi connectivity index (χ3v) is 7.30. The van der Waals surface area contributed by atoms with Crippen LogP contribution in [0.5, 0.6) is 0 Å². The number of cyclic esters (lactones) is 1. The van der Waals surface area contributed by atoms with Gasteiger partial charge in [-0.3, -0.25) is 9.59 Å². The van der Waals surface area contributed by atoms with Crippen LogP contribution in [0.4, 0.5) is 0 Å². The van der Waals surface area contributed by atoms with Gasteiger partial charge in [-0.05, 0) is 31.1 Å². The summed E-state index contributed by atoms with van der Waals surface area (Å²) in [5.41, 5.74) is -0.461. The van der Waals surface area contributed by atoms with Crippen molar-refractivity contribution in [2.75, 3.05) is 26.9 Å². The molecular formula is C25H42N2O6. The summed E-state index contributed by atoms with van der Waals surface area (Å²) >= 11 is 0. The van der Waals surface area contributed by atoms with Gasteiger partial charge in [0.05, 0.1) is 38.8 Å². The van der Waals surface area contributed by atoms with E-state index in [1.807, 2.05) is 20.8 Å². The molecule has 33 heavy (non-hydrogen) atoms. The molecule has 1 N–H and O–H groups in total. The summed E-state index contributed by atoms with van der Waals surface area (Å²) in [5, 5.41) is 3.72.